The smallest absolute Gasteiger partial charge is 0.326 e. The van der Waals surface area contributed by atoms with E-state index in [0.29, 0.717) is 11.1 Å². The minimum Gasteiger partial charge on any atom is -0.481 e. The van der Waals surface area contributed by atoms with Gasteiger partial charge in [-0.15, -0.1) is 0 Å². The molecule has 19 nitrogen and oxygen atoms in total. The van der Waals surface area contributed by atoms with E-state index < -0.39 is 116 Å². The summed E-state index contributed by atoms with van der Waals surface area (Å²) in [6.45, 7) is -1.05. The molecule has 0 saturated carbocycles. The normalized spacial score (nSPS) is 13.8. The van der Waals surface area contributed by atoms with Crippen LogP contribution in [0.5, 0.6) is 0 Å². The molecular formula is C43H49N7O12. The molecule has 6 atom stereocenters. The van der Waals surface area contributed by atoms with Crippen LogP contribution >= 0.6 is 0 Å². The Hall–Kier alpha value is -7.25. The number of aliphatic hydroxyl groups is 1. The van der Waals surface area contributed by atoms with Crippen LogP contribution in [0.3, 0.4) is 0 Å². The minimum atomic E-state index is -1.79. The van der Waals surface area contributed by atoms with Crippen LogP contribution in [0.15, 0.2) is 97.3 Å². The number of pyridine rings is 1. The van der Waals surface area contributed by atoms with Gasteiger partial charge in [-0.25, -0.2) is 4.79 Å². The van der Waals surface area contributed by atoms with Crippen LogP contribution in [-0.4, -0.2) is 116 Å². The first-order valence-electron chi connectivity index (χ1n) is 19.6. The summed E-state index contributed by atoms with van der Waals surface area (Å²) in [5, 5.41) is 51.9. The highest BCUT2D eigenvalue weighted by Gasteiger charge is 2.33. The third-order valence-electron chi connectivity index (χ3n) is 9.67. The number of nitrogens with one attached hydrogen (secondary N) is 5. The van der Waals surface area contributed by atoms with E-state index in [1.165, 1.54) is 12.4 Å². The average Bonchev–Trinajstić information content (AvgIpc) is 3.25. The second kappa shape index (κ2) is 23.5. The van der Waals surface area contributed by atoms with Crippen molar-refractivity contribution in [3.8, 4) is 0 Å². The second-order valence-corrected chi connectivity index (χ2v) is 14.4. The van der Waals surface area contributed by atoms with E-state index in [-0.39, 0.29) is 19.3 Å². The molecule has 0 radical (unpaired) electrons. The minimum absolute atomic E-state index is 0.0111. The van der Waals surface area contributed by atoms with Gasteiger partial charge in [0.05, 0.1) is 12.6 Å². The predicted octanol–water partition coefficient (Wildman–Crippen LogP) is -0.179. The highest BCUT2D eigenvalue weighted by atomic mass is 16.4. The zero-order valence-electron chi connectivity index (χ0n) is 33.4. The average molecular weight is 856 g/mol. The number of hydrogen-bond donors (Lipinski definition) is 10. The number of rotatable bonds is 24. The van der Waals surface area contributed by atoms with Gasteiger partial charge in [0.1, 0.15) is 30.2 Å². The Kier molecular flexibility index (Phi) is 18.0. The molecule has 19 heteroatoms. The van der Waals surface area contributed by atoms with E-state index in [1.807, 2.05) is 42.5 Å². The molecule has 1 heterocycles. The van der Waals surface area contributed by atoms with Gasteiger partial charge in [-0.3, -0.25) is 38.5 Å². The lowest BCUT2D eigenvalue weighted by Crippen LogP contribution is -2.60. The number of aliphatic hydroxyl groups excluding tert-OH is 1. The largest absolute Gasteiger partial charge is 0.481 e. The van der Waals surface area contributed by atoms with Crippen LogP contribution in [0.25, 0.3) is 10.8 Å². The molecule has 0 bridgehead atoms. The summed E-state index contributed by atoms with van der Waals surface area (Å²) in [7, 11) is 0. The summed E-state index contributed by atoms with van der Waals surface area (Å²) in [6.07, 6.45) is 0.498. The Labute approximate surface area is 355 Å². The standard InChI is InChI=1S/C43H49N7O12/c44-30(20-26-12-13-28-10-4-5-11-29(28)19-26)38(56)48-33(21-25-7-2-1-3-8-25)40(58)49-34(22-27-9-6-18-45-23-27)41(59)50-35(24-51)42(60)46-31(14-16-36(52)53)39(57)47-32(43(61)62)15-17-37(54)55/h1-13,18-19,23,30-35,51H,14-17,20-22,24,44H2,(H,46,60)(H,47,57)(H,48,56)(H,49,58)(H,50,59)(H,52,53)(H,54,55)(H,61,62)/t30-,31-,32-,33-,34-,35+/m1/s1. The summed E-state index contributed by atoms with van der Waals surface area (Å²) in [6, 6.07) is 16.4. The van der Waals surface area contributed by atoms with Gasteiger partial charge in [-0.1, -0.05) is 78.9 Å². The second-order valence-electron chi connectivity index (χ2n) is 14.4. The van der Waals surface area contributed by atoms with Crippen LogP contribution in [0, 0.1) is 0 Å². The number of hydrogen-bond acceptors (Lipinski definition) is 11. The number of amides is 5. The first-order chi connectivity index (χ1) is 29.6. The van der Waals surface area contributed by atoms with Gasteiger partial charge in [0.2, 0.25) is 29.5 Å². The molecule has 4 rings (SSSR count). The molecular weight excluding hydrogens is 807 g/mol. The van der Waals surface area contributed by atoms with Crippen molar-refractivity contribution in [2.75, 3.05) is 6.61 Å². The van der Waals surface area contributed by atoms with Crippen molar-refractivity contribution in [2.45, 2.75) is 81.2 Å². The lowest BCUT2D eigenvalue weighted by molar-refractivity contribution is -0.144. The van der Waals surface area contributed by atoms with Crippen LogP contribution in [0.1, 0.15) is 42.4 Å². The number of nitrogens with two attached hydrogens (primary N) is 1. The molecule has 0 aliphatic rings. The number of fused-ring (bicyclic) bond motifs is 1. The molecule has 62 heavy (non-hydrogen) atoms. The molecule has 0 aliphatic carbocycles. The summed E-state index contributed by atoms with van der Waals surface area (Å²) in [4.78, 5) is 106. The highest BCUT2D eigenvalue weighted by molar-refractivity contribution is 5.97. The van der Waals surface area contributed by atoms with Crippen molar-refractivity contribution in [3.05, 3.63) is 114 Å². The van der Waals surface area contributed by atoms with Gasteiger partial charge in [0.15, 0.2) is 0 Å². The fraction of sp³-hybridized carbons (Fsp3) is 0.326. The lowest BCUT2D eigenvalue weighted by Gasteiger charge is -2.26. The van der Waals surface area contributed by atoms with Crippen LogP contribution in [0.4, 0.5) is 0 Å². The Morgan fingerprint density at radius 2 is 1.02 bits per heavy atom. The van der Waals surface area contributed by atoms with Crippen LogP contribution in [-0.2, 0) is 57.6 Å². The van der Waals surface area contributed by atoms with Gasteiger partial charge in [0, 0.05) is 38.1 Å². The van der Waals surface area contributed by atoms with E-state index in [2.05, 4.69) is 31.6 Å². The monoisotopic (exact) mass is 855 g/mol. The first kappa shape index (κ1) is 47.4. The molecule has 0 fully saturated rings. The van der Waals surface area contributed by atoms with E-state index in [9.17, 15) is 53.7 Å². The highest BCUT2D eigenvalue weighted by Crippen LogP contribution is 2.17. The first-order valence-corrected chi connectivity index (χ1v) is 19.6. The molecule has 328 valence electrons. The number of carbonyl (C=O) groups excluding carboxylic acids is 5. The van der Waals surface area contributed by atoms with Crippen molar-refractivity contribution < 1.29 is 58.8 Å². The Bertz CT molecular complexity index is 2210. The van der Waals surface area contributed by atoms with Crippen molar-refractivity contribution in [1.82, 2.24) is 31.6 Å². The van der Waals surface area contributed by atoms with Gasteiger partial charge >= 0.3 is 17.9 Å². The van der Waals surface area contributed by atoms with Gasteiger partial charge in [0.25, 0.3) is 0 Å². The van der Waals surface area contributed by atoms with E-state index in [4.69, 9.17) is 10.8 Å². The third kappa shape index (κ3) is 15.1. The summed E-state index contributed by atoms with van der Waals surface area (Å²) in [5.74, 6) is -9.05. The Balaban J connectivity index is 1.53. The predicted molar refractivity (Wildman–Crippen MR) is 222 cm³/mol. The number of carboxylic acids is 3. The third-order valence-corrected chi connectivity index (χ3v) is 9.67. The summed E-state index contributed by atoms with van der Waals surface area (Å²) < 4.78 is 0. The van der Waals surface area contributed by atoms with Crippen molar-refractivity contribution in [1.29, 1.82) is 0 Å². The maximum atomic E-state index is 14.1. The Morgan fingerprint density at radius 1 is 0.516 bits per heavy atom. The van der Waals surface area contributed by atoms with E-state index in [1.54, 1.807) is 42.5 Å². The van der Waals surface area contributed by atoms with Crippen molar-refractivity contribution in [2.24, 2.45) is 5.73 Å². The number of benzene rings is 3. The van der Waals surface area contributed by atoms with E-state index in [0.717, 1.165) is 16.3 Å². The fourth-order valence-corrected chi connectivity index (χ4v) is 6.36. The molecule has 5 amide bonds. The molecule has 0 spiro atoms. The number of carbonyl (C=O) groups is 8. The molecule has 11 N–H and O–H groups in total. The van der Waals surface area contributed by atoms with Crippen LogP contribution in [0.2, 0.25) is 0 Å². The molecule has 0 aliphatic heterocycles. The quantitative estimate of drug-likeness (QED) is 0.0438. The summed E-state index contributed by atoms with van der Waals surface area (Å²) >= 11 is 0. The van der Waals surface area contributed by atoms with E-state index >= 15 is 0 Å². The van der Waals surface area contributed by atoms with Gasteiger partial charge in [-0.2, -0.15) is 0 Å². The zero-order chi connectivity index (χ0) is 45.2. The Morgan fingerprint density at radius 3 is 1.61 bits per heavy atom. The zero-order valence-corrected chi connectivity index (χ0v) is 33.4. The maximum absolute atomic E-state index is 14.1. The summed E-state index contributed by atoms with van der Waals surface area (Å²) in [5.41, 5.74) is 8.29. The van der Waals surface area contributed by atoms with Crippen molar-refractivity contribution >= 4 is 58.2 Å². The molecule has 4 aromatic rings. The van der Waals surface area contributed by atoms with Gasteiger partial charge in [-0.05, 0) is 52.8 Å². The topological polar surface area (TPSA) is 317 Å². The van der Waals surface area contributed by atoms with Crippen molar-refractivity contribution in [3.63, 3.8) is 0 Å². The number of nitrogens with zero attached hydrogens (tertiary/aromatic N) is 1. The lowest BCUT2D eigenvalue weighted by atomic mass is 10.00. The molecule has 1 aromatic heterocycles. The molecule has 0 unspecified atom stereocenters. The SMILES string of the molecule is N[C@H](Cc1ccc2ccccc2c1)C(=O)N[C@H](Cc1ccccc1)C(=O)N[C@H](Cc1cccnc1)C(=O)N[C@@H](CO)C(=O)N[C@H](CCC(=O)O)C(=O)N[C@H](CCC(=O)O)C(=O)O. The van der Waals surface area contributed by atoms with Gasteiger partial charge < -0.3 is 52.7 Å². The number of carboxylic acid groups (broad SMARTS) is 3. The fourth-order valence-electron chi connectivity index (χ4n) is 6.36. The number of aliphatic carboxylic acids is 3. The number of aromatic nitrogens is 1. The maximum Gasteiger partial charge on any atom is 0.326 e. The van der Waals surface area contributed by atoms with Crippen LogP contribution < -0.4 is 32.3 Å². The molecule has 0 saturated heterocycles. The molecule has 3 aromatic carbocycles.